The zero-order valence-electron chi connectivity index (χ0n) is 20.3. The number of thioether (sulfide) groups is 1. The molecule has 0 bridgehead atoms. The van der Waals surface area contributed by atoms with Crippen LogP contribution in [0, 0.1) is 10.1 Å². The number of benzene rings is 2. The van der Waals surface area contributed by atoms with E-state index in [1.165, 1.54) is 23.8 Å². The molecule has 0 atom stereocenters. The number of carbonyl (C=O) groups excluding carboxylic acids is 2. The molecule has 3 aromatic rings. The quantitative estimate of drug-likeness (QED) is 0.212. The maximum absolute atomic E-state index is 12.3. The number of nitro benzene ring substituents is 1. The first-order valence-corrected chi connectivity index (χ1v) is 12.3. The van der Waals surface area contributed by atoms with Crippen molar-refractivity contribution >= 4 is 35.0 Å². The van der Waals surface area contributed by atoms with Crippen molar-refractivity contribution in [2.75, 3.05) is 17.7 Å². The third-order valence-corrected chi connectivity index (χ3v) is 6.14. The summed E-state index contributed by atoms with van der Waals surface area (Å²) in [6, 6.07) is 13.6. The maximum atomic E-state index is 12.3. The van der Waals surface area contributed by atoms with Gasteiger partial charge in [0, 0.05) is 12.6 Å². The van der Waals surface area contributed by atoms with Gasteiger partial charge < -0.3 is 19.9 Å². The van der Waals surface area contributed by atoms with Crippen molar-refractivity contribution in [3.05, 3.63) is 70.0 Å². The van der Waals surface area contributed by atoms with Gasteiger partial charge in [0.25, 0.3) is 11.6 Å². The van der Waals surface area contributed by atoms with Crippen LogP contribution in [0.5, 0.6) is 5.75 Å². The lowest BCUT2D eigenvalue weighted by Gasteiger charge is -2.10. The number of hydrogen-bond donors (Lipinski definition) is 2. The zero-order valence-corrected chi connectivity index (χ0v) is 21.1. The largest absolute Gasteiger partial charge is 0.484 e. The second-order valence-electron chi connectivity index (χ2n) is 8.04. The van der Waals surface area contributed by atoms with E-state index < -0.39 is 10.8 Å². The number of nitrogens with zero attached hydrogens (tertiary/aromatic N) is 4. The Morgan fingerprint density at radius 1 is 1.11 bits per heavy atom. The Balaban J connectivity index is 1.49. The molecule has 2 amide bonds. The Hall–Kier alpha value is -3.93. The van der Waals surface area contributed by atoms with E-state index in [1.54, 1.807) is 10.6 Å². The molecule has 0 aliphatic heterocycles. The monoisotopic (exact) mass is 512 g/mol. The fourth-order valence-corrected chi connectivity index (χ4v) is 4.08. The molecule has 2 N–H and O–H groups in total. The van der Waals surface area contributed by atoms with Gasteiger partial charge in [0.1, 0.15) is 11.4 Å². The fraction of sp³-hybridized carbons (Fsp3) is 0.333. The van der Waals surface area contributed by atoms with E-state index in [9.17, 15) is 19.7 Å². The summed E-state index contributed by atoms with van der Waals surface area (Å²) < 4.78 is 7.33. The average molecular weight is 513 g/mol. The van der Waals surface area contributed by atoms with Gasteiger partial charge in [-0.15, -0.1) is 10.2 Å². The minimum atomic E-state index is -0.551. The molecular formula is C24H28N6O5S. The smallest absolute Gasteiger partial charge is 0.292 e. The number of ether oxygens (including phenoxy) is 1. The number of rotatable bonds is 12. The predicted molar refractivity (Wildman–Crippen MR) is 136 cm³/mol. The number of aromatic nitrogens is 3. The number of hydrogen-bond acceptors (Lipinski definition) is 8. The van der Waals surface area contributed by atoms with E-state index >= 15 is 0 Å². The van der Waals surface area contributed by atoms with Crippen molar-refractivity contribution in [3.63, 3.8) is 0 Å². The lowest BCUT2D eigenvalue weighted by Crippen LogP contribution is -2.29. The van der Waals surface area contributed by atoms with Crippen LogP contribution in [0.2, 0.25) is 0 Å². The first kappa shape index (κ1) is 26.7. The van der Waals surface area contributed by atoms with E-state index in [0.29, 0.717) is 29.2 Å². The van der Waals surface area contributed by atoms with Crippen LogP contribution in [-0.2, 0) is 22.7 Å². The lowest BCUT2D eigenvalue weighted by molar-refractivity contribution is -0.383. The second-order valence-corrected chi connectivity index (χ2v) is 8.99. The van der Waals surface area contributed by atoms with Crippen LogP contribution >= 0.6 is 11.8 Å². The molecule has 0 aliphatic carbocycles. The standard InChI is InChI=1S/C24H28N6O5S/c1-4-29-21(13-25-22(31)14-35-18-11-9-17(10-12-18)16(2)3)27-28-24(29)36-15-23(32)26-19-7-5-6-8-20(19)30(33)34/h5-12,16H,4,13-15H2,1-3H3,(H,25,31)(H,26,32). The van der Waals surface area contributed by atoms with Gasteiger partial charge in [0.2, 0.25) is 5.91 Å². The average Bonchev–Trinajstić information content (AvgIpc) is 3.27. The van der Waals surface area contributed by atoms with Gasteiger partial charge in [-0.2, -0.15) is 0 Å². The van der Waals surface area contributed by atoms with E-state index in [1.807, 2.05) is 31.2 Å². The molecule has 0 spiro atoms. The highest BCUT2D eigenvalue weighted by atomic mass is 32.2. The maximum Gasteiger partial charge on any atom is 0.292 e. The number of para-hydroxylation sites is 2. The molecule has 11 nitrogen and oxygen atoms in total. The topological polar surface area (TPSA) is 141 Å². The molecule has 3 rings (SSSR count). The van der Waals surface area contributed by atoms with Crippen molar-refractivity contribution in [3.8, 4) is 5.75 Å². The third kappa shape index (κ3) is 7.28. The summed E-state index contributed by atoms with van der Waals surface area (Å²) >= 11 is 1.15. The molecule has 0 fully saturated rings. The molecule has 2 aromatic carbocycles. The molecule has 0 saturated heterocycles. The van der Waals surface area contributed by atoms with Gasteiger partial charge in [-0.05, 0) is 36.6 Å². The molecule has 1 aromatic heterocycles. The molecule has 0 radical (unpaired) electrons. The van der Waals surface area contributed by atoms with E-state index in [4.69, 9.17) is 4.74 Å². The van der Waals surface area contributed by atoms with Crippen LogP contribution in [0.4, 0.5) is 11.4 Å². The van der Waals surface area contributed by atoms with E-state index in [0.717, 1.165) is 11.8 Å². The van der Waals surface area contributed by atoms with Crippen LogP contribution in [0.1, 0.15) is 38.1 Å². The lowest BCUT2D eigenvalue weighted by atomic mass is 10.0. The SMILES string of the molecule is CCn1c(CNC(=O)COc2ccc(C(C)C)cc2)nnc1SCC(=O)Nc1ccccc1[N+](=O)[O-]. The van der Waals surface area contributed by atoms with Crippen molar-refractivity contribution in [2.45, 2.75) is 44.9 Å². The fourth-order valence-electron chi connectivity index (χ4n) is 3.26. The van der Waals surface area contributed by atoms with Crippen molar-refractivity contribution in [1.82, 2.24) is 20.1 Å². The van der Waals surface area contributed by atoms with Gasteiger partial charge in [-0.25, -0.2) is 0 Å². The normalized spacial score (nSPS) is 10.8. The zero-order chi connectivity index (χ0) is 26.1. The van der Waals surface area contributed by atoms with Crippen LogP contribution in [0.25, 0.3) is 0 Å². The van der Waals surface area contributed by atoms with Crippen LogP contribution in [0.15, 0.2) is 53.7 Å². The summed E-state index contributed by atoms with van der Waals surface area (Å²) in [5.41, 5.74) is 1.15. The van der Waals surface area contributed by atoms with Crippen LogP contribution in [0.3, 0.4) is 0 Å². The van der Waals surface area contributed by atoms with Crippen molar-refractivity contribution < 1.29 is 19.2 Å². The summed E-state index contributed by atoms with van der Waals surface area (Å²) in [4.78, 5) is 35.1. The van der Waals surface area contributed by atoms with Crippen molar-refractivity contribution in [1.29, 1.82) is 0 Å². The van der Waals surface area contributed by atoms with Crippen LogP contribution in [-0.4, -0.2) is 43.9 Å². The number of nitro groups is 1. The predicted octanol–water partition coefficient (Wildman–Crippen LogP) is 3.76. The van der Waals surface area contributed by atoms with Gasteiger partial charge in [0.15, 0.2) is 17.6 Å². The highest BCUT2D eigenvalue weighted by Crippen LogP contribution is 2.24. The van der Waals surface area contributed by atoms with Crippen molar-refractivity contribution in [2.24, 2.45) is 0 Å². The van der Waals surface area contributed by atoms with E-state index in [2.05, 4.69) is 34.7 Å². The van der Waals surface area contributed by atoms with Gasteiger partial charge >= 0.3 is 0 Å². The first-order chi connectivity index (χ1) is 17.3. The van der Waals surface area contributed by atoms with Gasteiger partial charge in [-0.1, -0.05) is 49.9 Å². The Morgan fingerprint density at radius 3 is 2.50 bits per heavy atom. The highest BCUT2D eigenvalue weighted by molar-refractivity contribution is 7.99. The molecule has 36 heavy (non-hydrogen) atoms. The molecule has 0 unspecified atom stereocenters. The Labute approximate surface area is 212 Å². The Kier molecular flexibility index (Phi) is 9.39. The number of anilines is 1. The van der Waals surface area contributed by atoms with Gasteiger partial charge in [0.05, 0.1) is 17.2 Å². The Bertz CT molecular complexity index is 1210. The third-order valence-electron chi connectivity index (χ3n) is 5.18. The highest BCUT2D eigenvalue weighted by Gasteiger charge is 2.17. The molecule has 0 saturated carbocycles. The molecule has 190 valence electrons. The summed E-state index contributed by atoms with van der Waals surface area (Å²) in [5, 5.41) is 25.2. The summed E-state index contributed by atoms with van der Waals surface area (Å²) in [6.07, 6.45) is 0. The molecule has 1 heterocycles. The second kappa shape index (κ2) is 12.7. The molecule has 12 heteroatoms. The molecule has 0 aliphatic rings. The number of amides is 2. The Morgan fingerprint density at radius 2 is 1.83 bits per heavy atom. The number of carbonyl (C=O) groups is 2. The first-order valence-electron chi connectivity index (χ1n) is 11.4. The van der Waals surface area contributed by atoms with Crippen LogP contribution < -0.4 is 15.4 Å². The van der Waals surface area contributed by atoms with E-state index in [-0.39, 0.29) is 36.2 Å². The summed E-state index contributed by atoms with van der Waals surface area (Å²) in [6.45, 7) is 6.67. The molecular weight excluding hydrogens is 484 g/mol. The summed E-state index contributed by atoms with van der Waals surface area (Å²) in [5.74, 6) is 0.846. The van der Waals surface area contributed by atoms with Gasteiger partial charge in [-0.3, -0.25) is 19.7 Å². The minimum absolute atomic E-state index is 0.0139. The number of nitrogens with one attached hydrogen (secondary N) is 2. The summed E-state index contributed by atoms with van der Waals surface area (Å²) in [7, 11) is 0. The minimum Gasteiger partial charge on any atom is -0.484 e.